The van der Waals surface area contributed by atoms with Gasteiger partial charge in [0, 0.05) is 33.3 Å². The number of benzene rings is 1. The van der Waals surface area contributed by atoms with E-state index in [1.807, 2.05) is 0 Å². The summed E-state index contributed by atoms with van der Waals surface area (Å²) in [6.45, 7) is 4.18. The first kappa shape index (κ1) is 15.7. The first-order valence-electron chi connectivity index (χ1n) is 7.74. The van der Waals surface area contributed by atoms with Crippen molar-refractivity contribution < 1.29 is 4.79 Å². The lowest BCUT2D eigenvalue weighted by Crippen LogP contribution is -2.36. The van der Waals surface area contributed by atoms with Gasteiger partial charge in [0.15, 0.2) is 5.78 Å². The number of carbonyl (C=O) groups excluding carboxylic acids is 1. The van der Waals surface area contributed by atoms with Crippen molar-refractivity contribution in [2.24, 2.45) is 5.41 Å². The Bertz CT molecular complexity index is 864. The number of fused-ring (bicyclic) bond motifs is 1. The molecular formula is C17H16Cl2N4O. The molecule has 5 nitrogen and oxygen atoms in total. The Labute approximate surface area is 149 Å². The second-order valence-corrected chi connectivity index (χ2v) is 7.84. The summed E-state index contributed by atoms with van der Waals surface area (Å²) in [7, 11) is 0. The van der Waals surface area contributed by atoms with Crippen molar-refractivity contribution in [3.63, 3.8) is 0 Å². The third-order valence-electron chi connectivity index (χ3n) is 4.55. The number of rotatable bonds is 1. The number of hydrogen-bond donors (Lipinski definition) is 1. The molecular weight excluding hydrogens is 347 g/mol. The molecule has 2 aromatic rings. The van der Waals surface area contributed by atoms with Gasteiger partial charge in [-0.15, -0.1) is 0 Å². The van der Waals surface area contributed by atoms with Crippen molar-refractivity contribution in [1.29, 1.82) is 0 Å². The van der Waals surface area contributed by atoms with Crippen LogP contribution in [0.3, 0.4) is 0 Å². The summed E-state index contributed by atoms with van der Waals surface area (Å²) >= 11 is 12.9. The van der Waals surface area contributed by atoms with E-state index >= 15 is 0 Å². The maximum Gasteiger partial charge on any atom is 0.226 e. The van der Waals surface area contributed by atoms with Gasteiger partial charge >= 0.3 is 0 Å². The highest BCUT2D eigenvalue weighted by Crippen LogP contribution is 2.47. The quantitative estimate of drug-likeness (QED) is 0.823. The van der Waals surface area contributed by atoms with Crippen molar-refractivity contribution >= 4 is 34.9 Å². The molecule has 1 aromatic heterocycles. The second kappa shape index (κ2) is 5.33. The van der Waals surface area contributed by atoms with Crippen LogP contribution in [0.4, 0.5) is 5.95 Å². The summed E-state index contributed by atoms with van der Waals surface area (Å²) in [6.07, 6.45) is 2.71. The van der Waals surface area contributed by atoms with Crippen LogP contribution in [0.2, 0.25) is 10.0 Å². The van der Waals surface area contributed by atoms with Crippen LogP contribution in [0, 0.1) is 5.41 Å². The fourth-order valence-electron chi connectivity index (χ4n) is 3.59. The summed E-state index contributed by atoms with van der Waals surface area (Å²) in [5, 5.41) is 8.59. The lowest BCUT2D eigenvalue weighted by molar-refractivity contribution is -0.118. The highest BCUT2D eigenvalue weighted by molar-refractivity contribution is 6.36. The number of halogens is 2. The Balaban J connectivity index is 1.97. The highest BCUT2D eigenvalue weighted by Gasteiger charge is 2.42. The molecule has 4 rings (SSSR count). The van der Waals surface area contributed by atoms with Gasteiger partial charge in [-0.05, 0) is 24.0 Å². The minimum absolute atomic E-state index is 0.0934. The Hall–Kier alpha value is -1.85. The van der Waals surface area contributed by atoms with Crippen LogP contribution in [0.25, 0.3) is 0 Å². The Kier molecular flexibility index (Phi) is 3.48. The molecule has 2 heterocycles. The van der Waals surface area contributed by atoms with Crippen molar-refractivity contribution in [3.05, 3.63) is 51.4 Å². The van der Waals surface area contributed by atoms with Gasteiger partial charge in [0.05, 0.1) is 0 Å². The van der Waals surface area contributed by atoms with Crippen molar-refractivity contribution in [3.8, 4) is 0 Å². The zero-order valence-electron chi connectivity index (χ0n) is 13.3. The van der Waals surface area contributed by atoms with E-state index in [0.29, 0.717) is 33.6 Å². The van der Waals surface area contributed by atoms with Crippen LogP contribution in [-0.2, 0) is 4.79 Å². The highest BCUT2D eigenvalue weighted by atomic mass is 35.5. The van der Waals surface area contributed by atoms with E-state index in [-0.39, 0.29) is 11.2 Å². The number of anilines is 1. The van der Waals surface area contributed by atoms with E-state index in [4.69, 9.17) is 23.2 Å². The minimum Gasteiger partial charge on any atom is -0.328 e. The Morgan fingerprint density at radius 1 is 1.25 bits per heavy atom. The average molecular weight is 363 g/mol. The Morgan fingerprint density at radius 3 is 2.67 bits per heavy atom. The molecule has 0 spiro atoms. The number of hydrogen-bond acceptors (Lipinski definition) is 4. The molecule has 1 aliphatic heterocycles. The van der Waals surface area contributed by atoms with Gasteiger partial charge in [0.1, 0.15) is 12.4 Å². The smallest absolute Gasteiger partial charge is 0.226 e. The van der Waals surface area contributed by atoms with Gasteiger partial charge in [-0.3, -0.25) is 4.79 Å². The first-order valence-corrected chi connectivity index (χ1v) is 8.50. The summed E-state index contributed by atoms with van der Waals surface area (Å²) in [5.74, 6) is 0.691. The standard InChI is InChI=1S/C17H16Cl2N4O/c1-17(2)6-11-14(12(24)7-17)15(23-16(22-11)20-8-21-23)13-9(18)4-3-5-10(13)19/h3-5,8,15H,6-7H2,1-2H3,(H,20,21,22)/t15-/m1/s1. The average Bonchev–Trinajstić information content (AvgIpc) is 2.92. The van der Waals surface area contributed by atoms with Gasteiger partial charge in [-0.25, -0.2) is 4.68 Å². The third-order valence-corrected chi connectivity index (χ3v) is 5.21. The molecule has 1 aliphatic carbocycles. The number of nitrogens with zero attached hydrogens (tertiary/aromatic N) is 3. The molecule has 124 valence electrons. The molecule has 0 radical (unpaired) electrons. The molecule has 0 amide bonds. The van der Waals surface area contributed by atoms with Crippen molar-refractivity contribution in [2.45, 2.75) is 32.7 Å². The van der Waals surface area contributed by atoms with Crippen LogP contribution in [0.1, 0.15) is 38.3 Å². The molecule has 0 unspecified atom stereocenters. The van der Waals surface area contributed by atoms with Crippen LogP contribution in [0.5, 0.6) is 0 Å². The topological polar surface area (TPSA) is 59.8 Å². The summed E-state index contributed by atoms with van der Waals surface area (Å²) in [4.78, 5) is 17.2. The predicted molar refractivity (Wildman–Crippen MR) is 93.3 cm³/mol. The SMILES string of the molecule is CC1(C)CC(=O)C2=C(C1)Nc1ncnn1[C@@H]2c1c(Cl)cccc1Cl. The molecule has 0 saturated carbocycles. The zero-order chi connectivity index (χ0) is 17.1. The first-order chi connectivity index (χ1) is 11.4. The maximum atomic E-state index is 12.9. The fourth-order valence-corrected chi connectivity index (χ4v) is 4.19. The number of allylic oxidation sites excluding steroid dienone is 2. The van der Waals surface area contributed by atoms with Gasteiger partial charge in [0.25, 0.3) is 0 Å². The number of ketones is 1. The molecule has 1 atom stereocenters. The third kappa shape index (κ3) is 2.34. The second-order valence-electron chi connectivity index (χ2n) is 7.02. The molecule has 1 N–H and O–H groups in total. The monoisotopic (exact) mass is 362 g/mol. The van der Waals surface area contributed by atoms with E-state index in [1.54, 1.807) is 22.9 Å². The summed E-state index contributed by atoms with van der Waals surface area (Å²) in [6, 6.07) is 4.89. The van der Waals surface area contributed by atoms with Gasteiger partial charge in [-0.2, -0.15) is 10.1 Å². The lowest BCUT2D eigenvalue weighted by Gasteiger charge is -2.38. The molecule has 7 heteroatoms. The van der Waals surface area contributed by atoms with E-state index in [9.17, 15) is 4.79 Å². The Morgan fingerprint density at radius 2 is 1.96 bits per heavy atom. The van der Waals surface area contributed by atoms with Gasteiger partial charge < -0.3 is 5.32 Å². The molecule has 2 aliphatic rings. The van der Waals surface area contributed by atoms with Crippen LogP contribution in [0.15, 0.2) is 35.8 Å². The van der Waals surface area contributed by atoms with Gasteiger partial charge in [0.2, 0.25) is 5.95 Å². The maximum absolute atomic E-state index is 12.9. The molecule has 24 heavy (non-hydrogen) atoms. The van der Waals surface area contributed by atoms with Crippen LogP contribution >= 0.6 is 23.2 Å². The van der Waals surface area contributed by atoms with Gasteiger partial charge in [-0.1, -0.05) is 43.1 Å². The van der Waals surface area contributed by atoms with E-state index < -0.39 is 6.04 Å². The van der Waals surface area contributed by atoms with Crippen molar-refractivity contribution in [1.82, 2.24) is 14.8 Å². The van der Waals surface area contributed by atoms with Crippen LogP contribution in [-0.4, -0.2) is 20.5 Å². The molecule has 0 bridgehead atoms. The number of aromatic nitrogens is 3. The minimum atomic E-state index is -0.455. The van der Waals surface area contributed by atoms with E-state index in [2.05, 4.69) is 29.2 Å². The summed E-state index contributed by atoms with van der Waals surface area (Å²) < 4.78 is 1.68. The summed E-state index contributed by atoms with van der Waals surface area (Å²) in [5.41, 5.74) is 2.16. The van der Waals surface area contributed by atoms with Crippen LogP contribution < -0.4 is 5.32 Å². The fraction of sp³-hybridized carbons (Fsp3) is 0.353. The zero-order valence-corrected chi connectivity index (χ0v) is 14.8. The number of carbonyl (C=O) groups is 1. The number of nitrogens with one attached hydrogen (secondary N) is 1. The van der Waals surface area contributed by atoms with E-state index in [1.165, 1.54) is 6.33 Å². The molecule has 0 fully saturated rings. The normalized spacial score (nSPS) is 22.0. The lowest BCUT2D eigenvalue weighted by atomic mass is 9.73. The van der Waals surface area contributed by atoms with Crippen molar-refractivity contribution in [2.75, 3.05) is 5.32 Å². The predicted octanol–water partition coefficient (Wildman–Crippen LogP) is 4.24. The largest absolute Gasteiger partial charge is 0.328 e. The molecule has 1 aromatic carbocycles. The van der Waals surface area contributed by atoms with E-state index in [0.717, 1.165) is 12.1 Å². The number of Topliss-reactive ketones (excluding diaryl/α,β-unsaturated/α-hetero) is 1. The molecule has 0 saturated heterocycles.